The van der Waals surface area contributed by atoms with Gasteiger partial charge in [0.1, 0.15) is 11.3 Å². The van der Waals surface area contributed by atoms with E-state index >= 15 is 0 Å². The van der Waals surface area contributed by atoms with E-state index in [1.165, 1.54) is 30.5 Å². The zero-order valence-corrected chi connectivity index (χ0v) is 12.9. The number of nitrogens with one attached hydrogen (secondary N) is 1. The maximum atomic E-state index is 12.0. The minimum Gasteiger partial charge on any atom is -0.483 e. The Morgan fingerprint density at radius 3 is 2.48 bits per heavy atom. The molecular formula is C16H14N2O7. The van der Waals surface area contributed by atoms with Crippen molar-refractivity contribution in [2.45, 2.75) is 0 Å². The average molecular weight is 346 g/mol. The maximum Gasteiger partial charge on any atom is 0.342 e. The number of carbonyl (C=O) groups is 4. The van der Waals surface area contributed by atoms with Crippen LogP contribution in [0.4, 0.5) is 0 Å². The fraction of sp³-hybridized carbons (Fsp3) is 0.125. The van der Waals surface area contributed by atoms with E-state index in [2.05, 4.69) is 0 Å². The molecule has 0 fully saturated rings. The van der Waals surface area contributed by atoms with Gasteiger partial charge in [0.25, 0.3) is 17.7 Å². The quantitative estimate of drug-likeness (QED) is 0.686. The van der Waals surface area contributed by atoms with Crippen LogP contribution >= 0.6 is 0 Å². The smallest absolute Gasteiger partial charge is 0.342 e. The number of imide groups is 1. The topological polar surface area (TPSA) is 138 Å². The van der Waals surface area contributed by atoms with Crippen LogP contribution in [0.15, 0.2) is 47.1 Å². The molecule has 1 heterocycles. The molecule has 130 valence electrons. The molecule has 0 atom stereocenters. The Morgan fingerprint density at radius 2 is 1.80 bits per heavy atom. The molecule has 0 unspecified atom stereocenters. The molecule has 25 heavy (non-hydrogen) atoms. The lowest BCUT2D eigenvalue weighted by Gasteiger charge is -2.10. The molecule has 0 aliphatic carbocycles. The molecule has 0 saturated heterocycles. The molecular weight excluding hydrogens is 332 g/mol. The summed E-state index contributed by atoms with van der Waals surface area (Å²) in [4.78, 5) is 46.0. The first-order chi connectivity index (χ1) is 12.0. The summed E-state index contributed by atoms with van der Waals surface area (Å²) in [5, 5.41) is 2.00. The molecule has 0 spiro atoms. The van der Waals surface area contributed by atoms with E-state index < -0.39 is 36.9 Å². The summed E-state index contributed by atoms with van der Waals surface area (Å²) in [6, 6.07) is 8.84. The standard InChI is InChI=1S/C16H14N2O7/c17-13(19)8-24-11-5-2-1-4-10(11)16(22)25-9-14(20)18-15(21)12-6-3-7-23-12/h1-7H,8-9H2,(H2,17,19)(H,18,20,21). The van der Waals surface area contributed by atoms with Crippen molar-refractivity contribution in [1.29, 1.82) is 0 Å². The van der Waals surface area contributed by atoms with Crippen molar-refractivity contribution in [3.05, 3.63) is 54.0 Å². The fourth-order valence-corrected chi connectivity index (χ4v) is 1.75. The predicted octanol–water partition coefficient (Wildman–Crippen LogP) is 0.257. The SMILES string of the molecule is NC(=O)COc1ccccc1C(=O)OCC(=O)NC(=O)c1ccco1. The van der Waals surface area contributed by atoms with Crippen LogP contribution in [0.5, 0.6) is 5.75 Å². The van der Waals surface area contributed by atoms with Gasteiger partial charge in [0.05, 0.1) is 6.26 Å². The number of furan rings is 1. The fourth-order valence-electron chi connectivity index (χ4n) is 1.75. The monoisotopic (exact) mass is 346 g/mol. The van der Waals surface area contributed by atoms with Crippen molar-refractivity contribution in [2.75, 3.05) is 13.2 Å². The van der Waals surface area contributed by atoms with Crippen LogP contribution in [0, 0.1) is 0 Å². The van der Waals surface area contributed by atoms with Gasteiger partial charge >= 0.3 is 5.97 Å². The Kier molecular flexibility index (Phi) is 5.88. The molecule has 3 N–H and O–H groups in total. The number of rotatable bonds is 7. The average Bonchev–Trinajstić information content (AvgIpc) is 3.13. The van der Waals surface area contributed by atoms with Gasteiger partial charge in [-0.15, -0.1) is 0 Å². The number of hydrogen-bond donors (Lipinski definition) is 2. The molecule has 0 saturated carbocycles. The second kappa shape index (κ2) is 8.29. The third kappa shape index (κ3) is 5.20. The Morgan fingerprint density at radius 1 is 1.04 bits per heavy atom. The number of hydrogen-bond acceptors (Lipinski definition) is 7. The Labute approximate surface area is 141 Å². The zero-order chi connectivity index (χ0) is 18.2. The minimum atomic E-state index is -0.860. The number of nitrogens with two attached hydrogens (primary N) is 1. The summed E-state index contributed by atoms with van der Waals surface area (Å²) in [5.74, 6) is -3.12. The van der Waals surface area contributed by atoms with E-state index in [1.807, 2.05) is 5.32 Å². The van der Waals surface area contributed by atoms with Crippen LogP contribution in [0.3, 0.4) is 0 Å². The molecule has 0 aliphatic rings. The Balaban J connectivity index is 1.90. The summed E-state index contributed by atoms with van der Waals surface area (Å²) < 4.78 is 14.7. The van der Waals surface area contributed by atoms with Gasteiger partial charge in [-0.05, 0) is 24.3 Å². The van der Waals surface area contributed by atoms with Gasteiger partial charge in [0.2, 0.25) is 0 Å². The van der Waals surface area contributed by atoms with Crippen molar-refractivity contribution in [3.63, 3.8) is 0 Å². The Bertz CT molecular complexity index is 784. The van der Waals surface area contributed by atoms with Crippen LogP contribution in [0.25, 0.3) is 0 Å². The molecule has 0 bridgehead atoms. The highest BCUT2D eigenvalue weighted by Gasteiger charge is 2.18. The number of primary amides is 1. The second-order valence-electron chi connectivity index (χ2n) is 4.68. The summed E-state index contributed by atoms with van der Waals surface area (Å²) in [6.45, 7) is -1.10. The summed E-state index contributed by atoms with van der Waals surface area (Å²) in [7, 11) is 0. The van der Waals surface area contributed by atoms with Crippen molar-refractivity contribution in [2.24, 2.45) is 5.73 Å². The van der Waals surface area contributed by atoms with Crippen LogP contribution < -0.4 is 15.8 Å². The van der Waals surface area contributed by atoms with Gasteiger partial charge in [-0.25, -0.2) is 4.79 Å². The second-order valence-corrected chi connectivity index (χ2v) is 4.68. The largest absolute Gasteiger partial charge is 0.483 e. The van der Waals surface area contributed by atoms with Crippen molar-refractivity contribution in [1.82, 2.24) is 5.32 Å². The highest BCUT2D eigenvalue weighted by atomic mass is 16.5. The molecule has 1 aromatic heterocycles. The first-order valence-electron chi connectivity index (χ1n) is 7.02. The summed E-state index contributed by atoms with van der Waals surface area (Å²) >= 11 is 0. The van der Waals surface area contributed by atoms with E-state index in [-0.39, 0.29) is 17.1 Å². The molecule has 2 rings (SSSR count). The summed E-state index contributed by atoms with van der Waals surface area (Å²) in [5.41, 5.74) is 4.99. The normalized spacial score (nSPS) is 9.92. The predicted molar refractivity (Wildman–Crippen MR) is 82.6 cm³/mol. The van der Waals surface area contributed by atoms with Gasteiger partial charge in [0, 0.05) is 0 Å². The number of carbonyl (C=O) groups excluding carboxylic acids is 4. The van der Waals surface area contributed by atoms with Gasteiger partial charge in [-0.1, -0.05) is 12.1 Å². The third-order valence-corrected chi connectivity index (χ3v) is 2.81. The first kappa shape index (κ1) is 17.7. The van der Waals surface area contributed by atoms with E-state index in [9.17, 15) is 19.2 Å². The molecule has 0 radical (unpaired) electrons. The van der Waals surface area contributed by atoms with E-state index in [0.29, 0.717) is 0 Å². The number of para-hydroxylation sites is 1. The molecule has 1 aromatic carbocycles. The van der Waals surface area contributed by atoms with Crippen LogP contribution in [-0.2, 0) is 14.3 Å². The highest BCUT2D eigenvalue weighted by Crippen LogP contribution is 2.18. The van der Waals surface area contributed by atoms with Gasteiger partial charge < -0.3 is 19.6 Å². The van der Waals surface area contributed by atoms with Crippen LogP contribution in [0.1, 0.15) is 20.9 Å². The maximum absolute atomic E-state index is 12.0. The van der Waals surface area contributed by atoms with E-state index in [4.69, 9.17) is 19.6 Å². The highest BCUT2D eigenvalue weighted by molar-refractivity contribution is 6.04. The summed E-state index contributed by atoms with van der Waals surface area (Å²) in [6.07, 6.45) is 1.28. The van der Waals surface area contributed by atoms with Crippen LogP contribution in [0.2, 0.25) is 0 Å². The molecule has 9 heteroatoms. The lowest BCUT2D eigenvalue weighted by atomic mass is 10.2. The number of benzene rings is 1. The third-order valence-electron chi connectivity index (χ3n) is 2.81. The number of amides is 3. The van der Waals surface area contributed by atoms with E-state index in [1.54, 1.807) is 12.1 Å². The van der Waals surface area contributed by atoms with Gasteiger partial charge in [-0.2, -0.15) is 0 Å². The zero-order valence-electron chi connectivity index (χ0n) is 12.9. The lowest BCUT2D eigenvalue weighted by Crippen LogP contribution is -2.34. The Hall–Kier alpha value is -3.62. The van der Waals surface area contributed by atoms with Gasteiger partial charge in [-0.3, -0.25) is 19.7 Å². The minimum absolute atomic E-state index is 0.00825. The molecule has 0 aliphatic heterocycles. The van der Waals surface area contributed by atoms with E-state index in [0.717, 1.165) is 0 Å². The first-order valence-corrected chi connectivity index (χ1v) is 7.02. The molecule has 2 aromatic rings. The van der Waals surface area contributed by atoms with Crippen molar-refractivity contribution in [3.8, 4) is 5.75 Å². The number of esters is 1. The number of ether oxygens (including phenoxy) is 2. The lowest BCUT2D eigenvalue weighted by molar-refractivity contribution is -0.123. The molecule has 9 nitrogen and oxygen atoms in total. The van der Waals surface area contributed by atoms with Crippen molar-refractivity contribution < 1.29 is 33.1 Å². The van der Waals surface area contributed by atoms with Crippen molar-refractivity contribution >= 4 is 23.7 Å². The van der Waals surface area contributed by atoms with Crippen LogP contribution in [-0.4, -0.2) is 36.9 Å². The van der Waals surface area contributed by atoms with Gasteiger partial charge in [0.15, 0.2) is 19.0 Å². The molecule has 3 amide bonds.